The average molecular weight is 305 g/mol. The number of rotatable bonds is 7. The zero-order valence-electron chi connectivity index (χ0n) is 13.1. The second kappa shape index (κ2) is 7.48. The van der Waals surface area contributed by atoms with E-state index in [-0.39, 0.29) is 0 Å². The number of methoxy groups -OCH3 is 2. The molecule has 0 spiro atoms. The lowest BCUT2D eigenvalue weighted by Gasteiger charge is -2.19. The summed E-state index contributed by atoms with van der Waals surface area (Å²) in [7, 11) is 3.33. The summed E-state index contributed by atoms with van der Waals surface area (Å²) in [5.74, 6) is 1.55. The van der Waals surface area contributed by atoms with Gasteiger partial charge in [-0.25, -0.2) is 0 Å². The van der Waals surface area contributed by atoms with Gasteiger partial charge in [-0.1, -0.05) is 13.0 Å². The van der Waals surface area contributed by atoms with E-state index in [4.69, 9.17) is 9.47 Å². The molecule has 1 atom stereocenters. The third-order valence-electron chi connectivity index (χ3n) is 3.70. The van der Waals surface area contributed by atoms with Crippen molar-refractivity contribution in [3.8, 4) is 11.5 Å². The molecule has 0 aliphatic rings. The van der Waals surface area contributed by atoms with Crippen molar-refractivity contribution in [1.29, 1.82) is 0 Å². The Morgan fingerprint density at radius 1 is 1.14 bits per heavy atom. The van der Waals surface area contributed by atoms with Gasteiger partial charge in [0.05, 0.1) is 14.2 Å². The first kappa shape index (κ1) is 15.9. The summed E-state index contributed by atoms with van der Waals surface area (Å²) in [6.07, 6.45) is 1.03. The van der Waals surface area contributed by atoms with Crippen molar-refractivity contribution in [3.63, 3.8) is 0 Å². The fraction of sp³-hybridized carbons (Fsp3) is 0.412. The highest BCUT2D eigenvalue weighted by Gasteiger charge is 2.13. The maximum absolute atomic E-state index is 5.39. The molecule has 2 aromatic rings. The molecule has 0 bridgehead atoms. The third kappa shape index (κ3) is 3.77. The first-order valence-corrected chi connectivity index (χ1v) is 8.05. The monoisotopic (exact) mass is 305 g/mol. The van der Waals surface area contributed by atoms with Crippen molar-refractivity contribution in [3.05, 3.63) is 45.6 Å². The van der Waals surface area contributed by atoms with E-state index in [1.807, 2.05) is 6.07 Å². The van der Waals surface area contributed by atoms with Gasteiger partial charge < -0.3 is 14.8 Å². The van der Waals surface area contributed by atoms with Gasteiger partial charge in [-0.15, -0.1) is 11.3 Å². The van der Waals surface area contributed by atoms with Crippen LogP contribution in [0, 0.1) is 6.92 Å². The number of ether oxygens (including phenoxy) is 2. The van der Waals surface area contributed by atoms with Gasteiger partial charge in [0.25, 0.3) is 0 Å². The van der Waals surface area contributed by atoms with E-state index < -0.39 is 0 Å². The fourth-order valence-electron chi connectivity index (χ4n) is 2.37. The van der Waals surface area contributed by atoms with Crippen LogP contribution in [-0.4, -0.2) is 14.2 Å². The van der Waals surface area contributed by atoms with E-state index in [2.05, 4.69) is 42.7 Å². The van der Waals surface area contributed by atoms with Crippen LogP contribution >= 0.6 is 11.3 Å². The number of hydrogen-bond donors (Lipinski definition) is 1. The van der Waals surface area contributed by atoms with Gasteiger partial charge in [0.2, 0.25) is 0 Å². The van der Waals surface area contributed by atoms with Crippen molar-refractivity contribution in [1.82, 2.24) is 5.32 Å². The quantitative estimate of drug-likeness (QED) is 0.826. The number of thiophene rings is 1. The van der Waals surface area contributed by atoms with Gasteiger partial charge in [-0.05, 0) is 48.1 Å². The Bertz CT molecular complexity index is 580. The molecule has 1 N–H and O–H groups in total. The van der Waals surface area contributed by atoms with Crippen molar-refractivity contribution in [2.75, 3.05) is 14.2 Å². The van der Waals surface area contributed by atoms with E-state index in [1.165, 1.54) is 16.0 Å². The second-order valence-electron chi connectivity index (χ2n) is 4.98. The molecule has 4 heteroatoms. The van der Waals surface area contributed by atoms with Crippen LogP contribution in [0.25, 0.3) is 0 Å². The molecule has 3 nitrogen and oxygen atoms in total. The minimum atomic E-state index is 0.311. The predicted octanol–water partition coefficient (Wildman–Crippen LogP) is 4.31. The molecular weight excluding hydrogens is 282 g/mol. The van der Waals surface area contributed by atoms with Crippen LogP contribution in [-0.2, 0) is 6.54 Å². The molecule has 0 saturated carbocycles. The molecule has 0 fully saturated rings. The second-order valence-corrected chi connectivity index (χ2v) is 5.98. The first-order chi connectivity index (χ1) is 10.2. The highest BCUT2D eigenvalue weighted by molar-refractivity contribution is 7.10. The molecule has 1 heterocycles. The van der Waals surface area contributed by atoms with Gasteiger partial charge >= 0.3 is 0 Å². The van der Waals surface area contributed by atoms with Crippen molar-refractivity contribution in [2.24, 2.45) is 0 Å². The molecule has 21 heavy (non-hydrogen) atoms. The molecule has 0 aliphatic heterocycles. The Balaban J connectivity index is 2.12. The van der Waals surface area contributed by atoms with Crippen LogP contribution in [0.4, 0.5) is 0 Å². The number of hydrogen-bond acceptors (Lipinski definition) is 4. The van der Waals surface area contributed by atoms with Crippen LogP contribution in [0.1, 0.15) is 35.4 Å². The first-order valence-electron chi connectivity index (χ1n) is 7.17. The Morgan fingerprint density at radius 2 is 1.90 bits per heavy atom. The lowest BCUT2D eigenvalue weighted by molar-refractivity contribution is 0.353. The SMILES string of the molecule is CCC(NCc1sccc1C)c1ccc(OC)c(OC)c1. The van der Waals surface area contributed by atoms with E-state index in [9.17, 15) is 0 Å². The normalized spacial score (nSPS) is 12.2. The lowest BCUT2D eigenvalue weighted by Crippen LogP contribution is -2.20. The molecule has 114 valence electrons. The third-order valence-corrected chi connectivity index (χ3v) is 4.72. The van der Waals surface area contributed by atoms with E-state index in [0.29, 0.717) is 6.04 Å². The van der Waals surface area contributed by atoms with Crippen molar-refractivity contribution in [2.45, 2.75) is 32.9 Å². The van der Waals surface area contributed by atoms with Crippen LogP contribution in [0.3, 0.4) is 0 Å². The Labute approximate surface area is 130 Å². The summed E-state index contributed by atoms with van der Waals surface area (Å²) in [6.45, 7) is 5.25. The van der Waals surface area contributed by atoms with E-state index in [1.54, 1.807) is 25.6 Å². The van der Waals surface area contributed by atoms with E-state index >= 15 is 0 Å². The minimum Gasteiger partial charge on any atom is -0.493 e. The van der Waals surface area contributed by atoms with Crippen LogP contribution in [0.2, 0.25) is 0 Å². The minimum absolute atomic E-state index is 0.311. The van der Waals surface area contributed by atoms with Crippen LogP contribution in [0.15, 0.2) is 29.6 Å². The van der Waals surface area contributed by atoms with E-state index in [0.717, 1.165) is 24.5 Å². The lowest BCUT2D eigenvalue weighted by atomic mass is 10.0. The topological polar surface area (TPSA) is 30.5 Å². The molecule has 0 saturated heterocycles. The molecule has 1 aromatic heterocycles. The summed E-state index contributed by atoms with van der Waals surface area (Å²) in [5, 5.41) is 5.77. The molecule has 0 radical (unpaired) electrons. The molecular formula is C17H23NO2S. The molecule has 2 rings (SSSR count). The Kier molecular flexibility index (Phi) is 5.65. The smallest absolute Gasteiger partial charge is 0.161 e. The summed E-state index contributed by atoms with van der Waals surface area (Å²) < 4.78 is 10.7. The summed E-state index contributed by atoms with van der Waals surface area (Å²) >= 11 is 1.80. The van der Waals surface area contributed by atoms with Crippen LogP contribution in [0.5, 0.6) is 11.5 Å². The molecule has 1 aromatic carbocycles. The molecule has 1 unspecified atom stereocenters. The van der Waals surface area contributed by atoms with Gasteiger partial charge in [0.1, 0.15) is 0 Å². The van der Waals surface area contributed by atoms with Gasteiger partial charge in [0, 0.05) is 17.5 Å². The average Bonchev–Trinajstić information content (AvgIpc) is 2.93. The number of benzene rings is 1. The highest BCUT2D eigenvalue weighted by Crippen LogP contribution is 2.31. The predicted molar refractivity (Wildman–Crippen MR) is 88.5 cm³/mol. The van der Waals surface area contributed by atoms with Crippen LogP contribution < -0.4 is 14.8 Å². The fourth-order valence-corrected chi connectivity index (χ4v) is 3.23. The highest BCUT2D eigenvalue weighted by atomic mass is 32.1. The zero-order chi connectivity index (χ0) is 15.2. The summed E-state index contributed by atoms with van der Waals surface area (Å²) in [4.78, 5) is 1.40. The van der Waals surface area contributed by atoms with Crippen molar-refractivity contribution < 1.29 is 9.47 Å². The number of nitrogens with one attached hydrogen (secondary N) is 1. The molecule has 0 amide bonds. The maximum Gasteiger partial charge on any atom is 0.161 e. The maximum atomic E-state index is 5.39. The Morgan fingerprint density at radius 3 is 2.48 bits per heavy atom. The Hall–Kier alpha value is -1.52. The summed E-state index contributed by atoms with van der Waals surface area (Å²) in [6, 6.07) is 8.60. The zero-order valence-corrected chi connectivity index (χ0v) is 13.9. The van der Waals surface area contributed by atoms with Gasteiger partial charge in [-0.3, -0.25) is 0 Å². The largest absolute Gasteiger partial charge is 0.493 e. The van der Waals surface area contributed by atoms with Crippen molar-refractivity contribution >= 4 is 11.3 Å². The van der Waals surface area contributed by atoms with Gasteiger partial charge in [-0.2, -0.15) is 0 Å². The summed E-state index contributed by atoms with van der Waals surface area (Å²) in [5.41, 5.74) is 2.58. The number of aryl methyl sites for hydroxylation is 1. The van der Waals surface area contributed by atoms with Gasteiger partial charge in [0.15, 0.2) is 11.5 Å². The molecule has 0 aliphatic carbocycles. The standard InChI is InChI=1S/C17H23NO2S/c1-5-14(18-11-17-12(2)8-9-21-17)13-6-7-15(19-3)16(10-13)20-4/h6-10,14,18H,5,11H2,1-4H3.